The van der Waals surface area contributed by atoms with Crippen LogP contribution in [0.15, 0.2) is 24.3 Å². The summed E-state index contributed by atoms with van der Waals surface area (Å²) in [5.41, 5.74) is -0.742. The van der Waals surface area contributed by atoms with Gasteiger partial charge in [0.05, 0.1) is 11.0 Å². The number of carbonyl (C=O) groups excluding carboxylic acids is 1. The summed E-state index contributed by atoms with van der Waals surface area (Å²) in [6.45, 7) is 0. The van der Waals surface area contributed by atoms with Gasteiger partial charge in [0.1, 0.15) is 5.41 Å². The van der Waals surface area contributed by atoms with Crippen LogP contribution < -0.4 is 5.32 Å². The van der Waals surface area contributed by atoms with E-state index in [1.54, 1.807) is 6.07 Å². The van der Waals surface area contributed by atoms with Crippen molar-refractivity contribution >= 4 is 17.3 Å². The van der Waals surface area contributed by atoms with Crippen molar-refractivity contribution in [2.45, 2.75) is 38.5 Å². The van der Waals surface area contributed by atoms with Crippen LogP contribution in [-0.2, 0) is 4.79 Å². The molecule has 1 aromatic carbocycles. The number of nitro benzene ring substituents is 1. The predicted octanol–water partition coefficient (Wildman–Crippen LogP) is 3.40. The van der Waals surface area contributed by atoms with Gasteiger partial charge in [0.2, 0.25) is 5.91 Å². The number of amides is 1. The van der Waals surface area contributed by atoms with Crippen molar-refractivity contribution < 1.29 is 9.72 Å². The minimum Gasteiger partial charge on any atom is -0.324 e. The van der Waals surface area contributed by atoms with E-state index in [1.807, 2.05) is 0 Å². The van der Waals surface area contributed by atoms with Gasteiger partial charge in [-0.2, -0.15) is 5.26 Å². The van der Waals surface area contributed by atoms with Crippen molar-refractivity contribution in [3.8, 4) is 6.07 Å². The molecule has 0 spiro atoms. The topological polar surface area (TPSA) is 96.0 Å². The van der Waals surface area contributed by atoms with Crippen molar-refractivity contribution in [2.75, 3.05) is 5.32 Å². The first-order valence-corrected chi connectivity index (χ1v) is 7.04. The largest absolute Gasteiger partial charge is 0.324 e. The Labute approximate surface area is 122 Å². The highest BCUT2D eigenvalue weighted by Gasteiger charge is 2.38. The molecule has 0 aromatic heterocycles. The van der Waals surface area contributed by atoms with Gasteiger partial charge >= 0.3 is 0 Å². The van der Waals surface area contributed by atoms with Crippen LogP contribution >= 0.6 is 0 Å². The molecule has 0 unspecified atom stereocenters. The normalized spacial score (nSPS) is 17.3. The Morgan fingerprint density at radius 1 is 1.29 bits per heavy atom. The van der Waals surface area contributed by atoms with E-state index < -0.39 is 10.3 Å². The highest BCUT2D eigenvalue weighted by atomic mass is 16.6. The summed E-state index contributed by atoms with van der Waals surface area (Å²) in [7, 11) is 0. The maximum atomic E-state index is 12.5. The van der Waals surface area contributed by atoms with Gasteiger partial charge in [-0.15, -0.1) is 0 Å². The van der Waals surface area contributed by atoms with Gasteiger partial charge in [0.25, 0.3) is 5.69 Å². The zero-order valence-corrected chi connectivity index (χ0v) is 11.7. The first kappa shape index (κ1) is 15.0. The van der Waals surface area contributed by atoms with Gasteiger partial charge in [-0.1, -0.05) is 31.7 Å². The predicted molar refractivity (Wildman–Crippen MR) is 77.5 cm³/mol. The number of hydrogen-bond donors (Lipinski definition) is 1. The maximum absolute atomic E-state index is 12.5. The Kier molecular flexibility index (Phi) is 4.53. The van der Waals surface area contributed by atoms with Crippen LogP contribution in [0.3, 0.4) is 0 Å². The molecule has 0 radical (unpaired) electrons. The van der Waals surface area contributed by atoms with E-state index in [0.717, 1.165) is 25.7 Å². The molecule has 0 heterocycles. The molecule has 1 fully saturated rings. The molecule has 0 atom stereocenters. The minimum absolute atomic E-state index is 0.0836. The molecule has 1 N–H and O–H groups in total. The Morgan fingerprint density at radius 2 is 1.95 bits per heavy atom. The fourth-order valence-electron chi connectivity index (χ4n) is 2.67. The molecule has 1 saturated carbocycles. The third-order valence-corrected chi connectivity index (χ3v) is 3.92. The van der Waals surface area contributed by atoms with E-state index in [0.29, 0.717) is 18.5 Å². The van der Waals surface area contributed by atoms with Crippen LogP contribution in [0.4, 0.5) is 11.4 Å². The highest BCUT2D eigenvalue weighted by Crippen LogP contribution is 2.35. The zero-order valence-electron chi connectivity index (χ0n) is 11.7. The van der Waals surface area contributed by atoms with E-state index in [4.69, 9.17) is 0 Å². The molecule has 1 aliphatic rings. The van der Waals surface area contributed by atoms with Gasteiger partial charge in [0, 0.05) is 17.8 Å². The van der Waals surface area contributed by atoms with Crippen LogP contribution in [0.1, 0.15) is 38.5 Å². The molecular formula is C15H17N3O3. The van der Waals surface area contributed by atoms with Gasteiger partial charge in [-0.3, -0.25) is 14.9 Å². The van der Waals surface area contributed by atoms with Crippen LogP contribution in [-0.4, -0.2) is 10.8 Å². The average Bonchev–Trinajstić information content (AvgIpc) is 2.74. The Balaban J connectivity index is 2.18. The lowest BCUT2D eigenvalue weighted by molar-refractivity contribution is -0.384. The second kappa shape index (κ2) is 6.35. The summed E-state index contributed by atoms with van der Waals surface area (Å²) in [6.07, 6.45) is 4.88. The number of nitrogens with zero attached hydrogens (tertiary/aromatic N) is 2. The Hall–Kier alpha value is -2.42. The van der Waals surface area contributed by atoms with E-state index in [2.05, 4.69) is 11.4 Å². The van der Waals surface area contributed by atoms with Gasteiger partial charge in [-0.05, 0) is 18.9 Å². The van der Waals surface area contributed by atoms with Gasteiger partial charge in [-0.25, -0.2) is 0 Å². The maximum Gasteiger partial charge on any atom is 0.271 e. The molecule has 2 rings (SSSR count). The summed E-state index contributed by atoms with van der Waals surface area (Å²) in [6, 6.07) is 7.94. The van der Waals surface area contributed by atoms with Crippen LogP contribution in [0.25, 0.3) is 0 Å². The first-order chi connectivity index (χ1) is 10.1. The molecule has 21 heavy (non-hydrogen) atoms. The standard InChI is InChI=1S/C15H17N3O3/c16-11-15(8-3-1-2-4-9-15)14(19)17-12-6-5-7-13(10-12)18(20)21/h5-7,10H,1-4,8-9H2,(H,17,19). The summed E-state index contributed by atoms with van der Waals surface area (Å²) in [5, 5.41) is 22.8. The van der Waals surface area contributed by atoms with Crippen LogP contribution in [0.2, 0.25) is 0 Å². The third-order valence-electron chi connectivity index (χ3n) is 3.92. The van der Waals surface area contributed by atoms with Crippen molar-refractivity contribution in [3.05, 3.63) is 34.4 Å². The molecule has 1 amide bonds. The van der Waals surface area contributed by atoms with E-state index in [9.17, 15) is 20.2 Å². The number of nitrogens with one attached hydrogen (secondary N) is 1. The number of non-ortho nitro benzene ring substituents is 1. The van der Waals surface area contributed by atoms with Gasteiger partial charge in [0.15, 0.2) is 0 Å². The third kappa shape index (κ3) is 3.37. The molecule has 0 bridgehead atoms. The second-order valence-corrected chi connectivity index (χ2v) is 5.37. The number of carbonyl (C=O) groups is 1. The minimum atomic E-state index is -1.01. The SMILES string of the molecule is N#CC1(C(=O)Nc2cccc([N+](=O)[O-])c2)CCCCCC1. The van der Waals surface area contributed by atoms with Crippen molar-refractivity contribution in [1.82, 2.24) is 0 Å². The molecule has 6 nitrogen and oxygen atoms in total. The molecular weight excluding hydrogens is 270 g/mol. The summed E-state index contributed by atoms with van der Waals surface area (Å²) in [4.78, 5) is 22.7. The molecule has 1 aromatic rings. The highest BCUT2D eigenvalue weighted by molar-refractivity contribution is 5.97. The van der Waals surface area contributed by atoms with Crippen LogP contribution in [0, 0.1) is 26.9 Å². The first-order valence-electron chi connectivity index (χ1n) is 7.04. The number of anilines is 1. The van der Waals surface area contributed by atoms with E-state index in [1.165, 1.54) is 18.2 Å². The van der Waals surface area contributed by atoms with Crippen molar-refractivity contribution in [3.63, 3.8) is 0 Å². The Morgan fingerprint density at radius 3 is 2.52 bits per heavy atom. The zero-order chi connectivity index (χ0) is 15.3. The van der Waals surface area contributed by atoms with Crippen LogP contribution in [0.5, 0.6) is 0 Å². The summed E-state index contributed by atoms with van der Waals surface area (Å²) in [5.74, 6) is -0.354. The lowest BCUT2D eigenvalue weighted by atomic mass is 9.81. The second-order valence-electron chi connectivity index (χ2n) is 5.37. The summed E-state index contributed by atoms with van der Waals surface area (Å²) < 4.78 is 0. The van der Waals surface area contributed by atoms with Gasteiger partial charge < -0.3 is 5.32 Å². The fourth-order valence-corrected chi connectivity index (χ4v) is 2.67. The lowest BCUT2D eigenvalue weighted by Gasteiger charge is -2.23. The lowest BCUT2D eigenvalue weighted by Crippen LogP contribution is -2.34. The summed E-state index contributed by atoms with van der Waals surface area (Å²) >= 11 is 0. The molecule has 0 saturated heterocycles. The molecule has 110 valence electrons. The fraction of sp³-hybridized carbons (Fsp3) is 0.467. The monoisotopic (exact) mass is 287 g/mol. The van der Waals surface area contributed by atoms with E-state index >= 15 is 0 Å². The number of benzene rings is 1. The quantitative estimate of drug-likeness (QED) is 0.523. The average molecular weight is 287 g/mol. The van der Waals surface area contributed by atoms with E-state index in [-0.39, 0.29) is 11.6 Å². The number of hydrogen-bond acceptors (Lipinski definition) is 4. The van der Waals surface area contributed by atoms with Crippen molar-refractivity contribution in [1.29, 1.82) is 5.26 Å². The smallest absolute Gasteiger partial charge is 0.271 e. The number of nitro groups is 1. The number of rotatable bonds is 3. The number of nitriles is 1. The Bertz CT molecular complexity index is 584. The molecule has 0 aliphatic heterocycles. The molecule has 1 aliphatic carbocycles. The molecule has 6 heteroatoms. The van der Waals surface area contributed by atoms with Crippen molar-refractivity contribution in [2.24, 2.45) is 5.41 Å².